The Morgan fingerprint density at radius 1 is 1.19 bits per heavy atom. The molecule has 0 fully saturated rings. The van der Waals surface area contributed by atoms with E-state index in [9.17, 15) is 13.8 Å². The number of nitrogens with zero attached hydrogens (tertiary/aromatic N) is 1. The normalized spacial score (nSPS) is 17.2. The molecule has 3 aromatic rings. The number of anilines is 1. The smallest absolute Gasteiger partial charge is 0.251 e. The molecule has 0 radical (unpaired) electrons. The maximum Gasteiger partial charge on any atom is 0.251 e. The van der Waals surface area contributed by atoms with Gasteiger partial charge in [-0.1, -0.05) is 29.8 Å². The molecule has 2 unspecified atom stereocenters. The first-order chi connectivity index (χ1) is 15.4. The van der Waals surface area contributed by atoms with Gasteiger partial charge in [0.1, 0.15) is 16.2 Å². The van der Waals surface area contributed by atoms with Crippen molar-refractivity contribution in [2.24, 2.45) is 0 Å². The van der Waals surface area contributed by atoms with Gasteiger partial charge in [0.15, 0.2) is 5.78 Å². The van der Waals surface area contributed by atoms with E-state index >= 15 is 0 Å². The summed E-state index contributed by atoms with van der Waals surface area (Å²) in [6, 6.07) is 15.4. The van der Waals surface area contributed by atoms with Crippen LogP contribution < -0.4 is 14.8 Å². The van der Waals surface area contributed by atoms with Crippen LogP contribution in [-0.2, 0) is 24.0 Å². The number of hydrogen-bond acceptors (Lipinski definition) is 5. The van der Waals surface area contributed by atoms with E-state index in [1.54, 1.807) is 42.6 Å². The maximum atomic E-state index is 13.1. The predicted octanol–water partition coefficient (Wildman–Crippen LogP) is 3.56. The van der Waals surface area contributed by atoms with Crippen LogP contribution in [-0.4, -0.2) is 33.2 Å². The molecule has 164 valence electrons. The molecule has 2 atom stereocenters. The Morgan fingerprint density at radius 2 is 2.03 bits per heavy atom. The van der Waals surface area contributed by atoms with Crippen molar-refractivity contribution < 1.29 is 18.5 Å². The van der Waals surface area contributed by atoms with Gasteiger partial charge in [-0.25, -0.2) is 9.19 Å². The molecule has 2 N–H and O–H groups in total. The number of rotatable bonds is 6. The van der Waals surface area contributed by atoms with Gasteiger partial charge in [0, 0.05) is 35.0 Å². The zero-order chi connectivity index (χ0) is 22.7. The molecule has 0 bridgehead atoms. The number of hydrogen-bond donors (Lipinski definition) is 2. The standard InChI is InChI=1S/C23H20ClN3O4S/c1-31-21-8-5-15(12-25-21)13-26-23(29)16-6-7-19-18(11-16)22(28)20(32(30)27-19)10-14-3-2-4-17(24)9-14/h2-9,11-12,20,27H,10,13H2,1H3,(H,26,29). The van der Waals surface area contributed by atoms with Gasteiger partial charge in [-0.2, -0.15) is 0 Å². The topological polar surface area (TPSA) is 97.4 Å². The third kappa shape index (κ3) is 4.81. The lowest BCUT2D eigenvalue weighted by molar-refractivity contribution is 0.0951. The van der Waals surface area contributed by atoms with Crippen LogP contribution in [0.5, 0.6) is 5.88 Å². The van der Waals surface area contributed by atoms with E-state index in [-0.39, 0.29) is 24.7 Å². The van der Waals surface area contributed by atoms with Crippen molar-refractivity contribution in [2.45, 2.75) is 18.2 Å². The summed E-state index contributed by atoms with van der Waals surface area (Å²) in [7, 11) is -0.0526. The van der Waals surface area contributed by atoms with Crippen molar-refractivity contribution >= 4 is 40.0 Å². The monoisotopic (exact) mass is 469 g/mol. The molecule has 9 heteroatoms. The lowest BCUT2D eigenvalue weighted by Crippen LogP contribution is -2.37. The maximum absolute atomic E-state index is 13.1. The Kier molecular flexibility index (Phi) is 6.53. The zero-order valence-corrected chi connectivity index (χ0v) is 18.7. The number of Topliss-reactive ketones (excluding diaryl/α,β-unsaturated/α-hetero) is 1. The number of halogens is 1. The summed E-state index contributed by atoms with van der Waals surface area (Å²) < 4.78 is 20.5. The van der Waals surface area contributed by atoms with Crippen molar-refractivity contribution in [3.8, 4) is 5.88 Å². The first-order valence-electron chi connectivity index (χ1n) is 9.81. The molecule has 0 aliphatic carbocycles. The molecule has 1 aromatic heterocycles. The molecule has 7 nitrogen and oxygen atoms in total. The van der Waals surface area contributed by atoms with Gasteiger partial charge in [0.2, 0.25) is 5.88 Å². The molecule has 32 heavy (non-hydrogen) atoms. The van der Waals surface area contributed by atoms with Crippen LogP contribution in [0, 0.1) is 0 Å². The molecule has 4 rings (SSSR count). The Hall–Kier alpha value is -3.23. The van der Waals surface area contributed by atoms with Crippen molar-refractivity contribution in [2.75, 3.05) is 11.8 Å². The molecule has 0 spiro atoms. The fourth-order valence-corrected chi connectivity index (χ4v) is 4.81. The van der Waals surface area contributed by atoms with Crippen LogP contribution in [0.1, 0.15) is 31.8 Å². The zero-order valence-electron chi connectivity index (χ0n) is 17.1. The highest BCUT2D eigenvalue weighted by molar-refractivity contribution is 7.88. The van der Waals surface area contributed by atoms with Crippen molar-refractivity contribution in [1.82, 2.24) is 10.3 Å². The quantitative estimate of drug-likeness (QED) is 0.575. The summed E-state index contributed by atoms with van der Waals surface area (Å²) in [4.78, 5) is 29.9. The molecule has 1 aliphatic heterocycles. The third-order valence-corrected chi connectivity index (χ3v) is 6.63. The summed E-state index contributed by atoms with van der Waals surface area (Å²) in [5.74, 6) is -0.105. The van der Waals surface area contributed by atoms with E-state index in [1.807, 2.05) is 12.1 Å². The van der Waals surface area contributed by atoms with Gasteiger partial charge in [0.25, 0.3) is 5.91 Å². The van der Waals surface area contributed by atoms with Gasteiger partial charge in [0.05, 0.1) is 12.8 Å². The highest BCUT2D eigenvalue weighted by Crippen LogP contribution is 2.28. The Balaban J connectivity index is 1.49. The van der Waals surface area contributed by atoms with Gasteiger partial charge >= 0.3 is 0 Å². The minimum Gasteiger partial charge on any atom is -0.481 e. The van der Waals surface area contributed by atoms with Crippen molar-refractivity contribution in [1.29, 1.82) is 0 Å². The van der Waals surface area contributed by atoms with E-state index < -0.39 is 16.2 Å². The fourth-order valence-electron chi connectivity index (χ4n) is 3.40. The van der Waals surface area contributed by atoms with E-state index in [1.165, 1.54) is 13.2 Å². The first kappa shape index (κ1) is 22.0. The number of benzene rings is 2. The SMILES string of the molecule is COc1ccc(CNC(=O)c2ccc3c(c2)C(=O)C(Cc2cccc(Cl)c2)S(=O)N3)cn1. The van der Waals surface area contributed by atoms with Crippen LogP contribution in [0.25, 0.3) is 0 Å². The van der Waals surface area contributed by atoms with Gasteiger partial charge < -0.3 is 14.8 Å². The van der Waals surface area contributed by atoms with Crippen molar-refractivity contribution in [3.63, 3.8) is 0 Å². The summed E-state index contributed by atoms with van der Waals surface area (Å²) in [6.07, 6.45) is 1.90. The molecular formula is C23H20ClN3O4S. The molecule has 0 saturated heterocycles. The third-order valence-electron chi connectivity index (χ3n) is 5.08. The minimum atomic E-state index is -1.59. The van der Waals surface area contributed by atoms with Crippen LogP contribution in [0.2, 0.25) is 5.02 Å². The molecule has 1 aliphatic rings. The lowest BCUT2D eigenvalue weighted by Gasteiger charge is -2.24. The number of methoxy groups -OCH3 is 1. The summed E-state index contributed by atoms with van der Waals surface area (Å²) in [5.41, 5.74) is 2.76. The summed E-state index contributed by atoms with van der Waals surface area (Å²) >= 11 is 6.03. The Bertz CT molecular complexity index is 1200. The van der Waals surface area contributed by atoms with Gasteiger partial charge in [-0.3, -0.25) is 9.59 Å². The van der Waals surface area contributed by atoms with Crippen LogP contribution in [0.3, 0.4) is 0 Å². The molecule has 2 heterocycles. The number of ether oxygens (including phenoxy) is 1. The number of pyridine rings is 1. The van der Waals surface area contributed by atoms with E-state index in [0.29, 0.717) is 27.7 Å². The number of aromatic nitrogens is 1. The number of carbonyl (C=O) groups is 2. The number of amides is 1. The highest BCUT2D eigenvalue weighted by Gasteiger charge is 2.34. The van der Waals surface area contributed by atoms with Gasteiger partial charge in [-0.15, -0.1) is 0 Å². The molecule has 0 saturated carbocycles. The second kappa shape index (κ2) is 9.50. The first-order valence-corrected chi connectivity index (χ1v) is 11.4. The van der Waals surface area contributed by atoms with Crippen molar-refractivity contribution in [3.05, 3.63) is 88.1 Å². The fraction of sp³-hybridized carbons (Fsp3) is 0.174. The summed E-state index contributed by atoms with van der Waals surface area (Å²) in [6.45, 7) is 0.278. The number of nitrogens with one attached hydrogen (secondary N) is 2. The molecular weight excluding hydrogens is 450 g/mol. The largest absolute Gasteiger partial charge is 0.481 e. The number of ketones is 1. The average Bonchev–Trinajstić information content (AvgIpc) is 2.80. The van der Waals surface area contributed by atoms with Crippen LogP contribution in [0.15, 0.2) is 60.8 Å². The molecule has 2 aromatic carbocycles. The highest BCUT2D eigenvalue weighted by atomic mass is 35.5. The number of carbonyl (C=O) groups excluding carboxylic acids is 2. The second-order valence-corrected chi connectivity index (χ2v) is 9.04. The van der Waals surface area contributed by atoms with E-state index in [2.05, 4.69) is 15.0 Å². The lowest BCUT2D eigenvalue weighted by atomic mass is 9.98. The average molecular weight is 470 g/mol. The van der Waals surface area contributed by atoms with E-state index in [4.69, 9.17) is 16.3 Å². The minimum absolute atomic E-state index is 0.272. The Morgan fingerprint density at radius 3 is 2.75 bits per heavy atom. The van der Waals surface area contributed by atoms with Crippen LogP contribution in [0.4, 0.5) is 5.69 Å². The predicted molar refractivity (Wildman–Crippen MR) is 123 cm³/mol. The van der Waals surface area contributed by atoms with E-state index in [0.717, 1.165) is 11.1 Å². The van der Waals surface area contributed by atoms with Gasteiger partial charge in [-0.05, 0) is 47.9 Å². The molecule has 1 amide bonds. The number of fused-ring (bicyclic) bond motifs is 1. The summed E-state index contributed by atoms with van der Waals surface area (Å²) in [5, 5.41) is 2.59. The Labute approximate surface area is 192 Å². The van der Waals surface area contributed by atoms with Crippen LogP contribution >= 0.6 is 11.6 Å². The second-order valence-electron chi connectivity index (χ2n) is 7.24.